The van der Waals surface area contributed by atoms with Crippen LogP contribution in [0.3, 0.4) is 0 Å². The van der Waals surface area contributed by atoms with Gasteiger partial charge in [0.1, 0.15) is 0 Å². The first kappa shape index (κ1) is 10.7. The van der Waals surface area contributed by atoms with Crippen LogP contribution in [0.5, 0.6) is 0 Å². The molecule has 1 nitrogen and oxygen atoms in total. The third kappa shape index (κ3) is 1.93. The van der Waals surface area contributed by atoms with Crippen molar-refractivity contribution in [3.63, 3.8) is 0 Å². The Bertz CT molecular complexity index is 358. The van der Waals surface area contributed by atoms with Crippen molar-refractivity contribution in [1.82, 2.24) is 0 Å². The van der Waals surface area contributed by atoms with Gasteiger partial charge in [-0.15, -0.1) is 0 Å². The largest absolute Gasteiger partial charge is 0.396 e. The van der Waals surface area contributed by atoms with E-state index < -0.39 is 0 Å². The summed E-state index contributed by atoms with van der Waals surface area (Å²) >= 11 is 0. The lowest BCUT2D eigenvalue weighted by Gasteiger charge is -2.15. The van der Waals surface area contributed by atoms with Gasteiger partial charge in [0.05, 0.1) is 0 Å². The first-order valence-electron chi connectivity index (χ1n) is 5.74. The molecule has 0 aromatic heterocycles. The minimum Gasteiger partial charge on any atom is -0.396 e. The number of aryl methyl sites for hydroxylation is 1. The van der Waals surface area contributed by atoms with Crippen LogP contribution in [0.4, 0.5) is 0 Å². The van der Waals surface area contributed by atoms with Crippen molar-refractivity contribution in [2.24, 2.45) is 11.3 Å². The fraction of sp³-hybridized carbons (Fsp3) is 0.571. The Morgan fingerprint density at radius 1 is 1.53 bits per heavy atom. The van der Waals surface area contributed by atoms with Crippen molar-refractivity contribution in [2.75, 3.05) is 6.61 Å². The molecule has 0 radical (unpaired) electrons. The molecule has 3 atom stereocenters. The smallest absolute Gasteiger partial charge is 0.0487 e. The highest BCUT2D eigenvalue weighted by molar-refractivity contribution is 5.27. The number of rotatable bonds is 3. The maximum Gasteiger partial charge on any atom is 0.0487 e. The molecule has 82 valence electrons. The van der Waals surface area contributed by atoms with Crippen LogP contribution < -0.4 is 0 Å². The summed E-state index contributed by atoms with van der Waals surface area (Å²) in [5, 5.41) is 9.29. The van der Waals surface area contributed by atoms with E-state index in [4.69, 9.17) is 0 Å². The average molecular weight is 204 g/mol. The third-order valence-electron chi connectivity index (χ3n) is 3.95. The molecule has 0 saturated heterocycles. The summed E-state index contributed by atoms with van der Waals surface area (Å²) in [6.45, 7) is 6.92. The van der Waals surface area contributed by atoms with E-state index in [1.54, 1.807) is 0 Å². The summed E-state index contributed by atoms with van der Waals surface area (Å²) in [5.74, 6) is 1.23. The zero-order valence-electron chi connectivity index (χ0n) is 9.83. The van der Waals surface area contributed by atoms with Crippen LogP contribution in [0.15, 0.2) is 24.3 Å². The topological polar surface area (TPSA) is 20.2 Å². The molecule has 1 heteroatoms. The second-order valence-electron chi connectivity index (χ2n) is 5.33. The van der Waals surface area contributed by atoms with Crippen LogP contribution in [0.2, 0.25) is 0 Å². The van der Waals surface area contributed by atoms with Gasteiger partial charge >= 0.3 is 0 Å². The molecule has 0 heterocycles. The third-order valence-corrected chi connectivity index (χ3v) is 3.95. The lowest BCUT2D eigenvalue weighted by molar-refractivity contribution is 0.207. The molecule has 2 rings (SSSR count). The first-order valence-corrected chi connectivity index (χ1v) is 5.74. The average Bonchev–Trinajstić information content (AvgIpc) is 2.91. The molecule has 1 fully saturated rings. The van der Waals surface area contributed by atoms with E-state index in [1.807, 2.05) is 0 Å². The SMILES string of the molecule is Cc1cccc(C(C)C2C[C@]2(C)CO)c1. The molecule has 15 heavy (non-hydrogen) atoms. The van der Waals surface area contributed by atoms with Gasteiger partial charge in [-0.3, -0.25) is 0 Å². The molecule has 0 spiro atoms. The number of benzene rings is 1. The number of aliphatic hydroxyl groups excluding tert-OH is 1. The van der Waals surface area contributed by atoms with Crippen molar-refractivity contribution in [3.05, 3.63) is 35.4 Å². The standard InChI is InChI=1S/C14H20O/c1-10-5-4-6-12(7-10)11(2)13-8-14(13,3)9-15/h4-7,11,13,15H,8-9H2,1-3H3/t11?,13?,14-/m1/s1. The number of hydrogen-bond donors (Lipinski definition) is 1. The highest BCUT2D eigenvalue weighted by Gasteiger charge is 2.52. The van der Waals surface area contributed by atoms with E-state index in [0.29, 0.717) is 18.4 Å². The van der Waals surface area contributed by atoms with Crippen LogP contribution in [0.25, 0.3) is 0 Å². The maximum atomic E-state index is 9.29. The van der Waals surface area contributed by atoms with Gasteiger partial charge < -0.3 is 5.11 Å². The lowest BCUT2D eigenvalue weighted by Crippen LogP contribution is -2.08. The van der Waals surface area contributed by atoms with Crippen molar-refractivity contribution >= 4 is 0 Å². The Balaban J connectivity index is 2.13. The predicted octanol–water partition coefficient (Wildman–Crippen LogP) is 3.12. The van der Waals surface area contributed by atoms with Gasteiger partial charge in [-0.25, -0.2) is 0 Å². The second-order valence-corrected chi connectivity index (χ2v) is 5.33. The summed E-state index contributed by atoms with van der Waals surface area (Å²) in [7, 11) is 0. The summed E-state index contributed by atoms with van der Waals surface area (Å²) in [6, 6.07) is 8.72. The second kappa shape index (κ2) is 3.64. The Labute approximate surface area is 92.1 Å². The minimum atomic E-state index is 0.184. The summed E-state index contributed by atoms with van der Waals surface area (Å²) in [5.41, 5.74) is 2.92. The van der Waals surface area contributed by atoms with Crippen molar-refractivity contribution in [1.29, 1.82) is 0 Å². The Hall–Kier alpha value is -0.820. The summed E-state index contributed by atoms with van der Waals surface area (Å²) in [6.07, 6.45) is 1.17. The summed E-state index contributed by atoms with van der Waals surface area (Å²) in [4.78, 5) is 0. The fourth-order valence-electron chi connectivity index (χ4n) is 2.59. The van der Waals surface area contributed by atoms with Crippen molar-refractivity contribution in [3.8, 4) is 0 Å². The molecule has 0 aliphatic heterocycles. The van der Waals surface area contributed by atoms with Gasteiger partial charge in [0, 0.05) is 6.61 Å². The summed E-state index contributed by atoms with van der Waals surface area (Å²) < 4.78 is 0. The molecule has 1 aromatic carbocycles. The quantitative estimate of drug-likeness (QED) is 0.802. The molecular weight excluding hydrogens is 184 g/mol. The molecule has 1 saturated carbocycles. The van der Waals surface area contributed by atoms with Gasteiger partial charge in [-0.2, -0.15) is 0 Å². The van der Waals surface area contributed by atoms with Crippen LogP contribution in [0, 0.1) is 18.3 Å². The van der Waals surface area contributed by atoms with Crippen LogP contribution in [-0.4, -0.2) is 11.7 Å². The molecule has 1 aliphatic carbocycles. The van der Waals surface area contributed by atoms with Gasteiger partial charge in [-0.1, -0.05) is 43.7 Å². The molecular formula is C14H20O. The fourth-order valence-corrected chi connectivity index (χ4v) is 2.59. The molecule has 2 unspecified atom stereocenters. The van der Waals surface area contributed by atoms with E-state index in [-0.39, 0.29) is 5.41 Å². The molecule has 1 aliphatic rings. The lowest BCUT2D eigenvalue weighted by atomic mass is 9.91. The van der Waals surface area contributed by atoms with Crippen molar-refractivity contribution < 1.29 is 5.11 Å². The van der Waals surface area contributed by atoms with Crippen LogP contribution >= 0.6 is 0 Å². The highest BCUT2D eigenvalue weighted by atomic mass is 16.3. The Morgan fingerprint density at radius 3 is 2.80 bits per heavy atom. The van der Waals surface area contributed by atoms with Crippen molar-refractivity contribution in [2.45, 2.75) is 33.1 Å². The molecule has 0 bridgehead atoms. The first-order chi connectivity index (χ1) is 7.07. The van der Waals surface area contributed by atoms with Gasteiger partial charge in [0.2, 0.25) is 0 Å². The monoisotopic (exact) mass is 204 g/mol. The zero-order chi connectivity index (χ0) is 11.1. The van der Waals surface area contributed by atoms with Gasteiger partial charge in [0.15, 0.2) is 0 Å². The highest BCUT2D eigenvalue weighted by Crippen LogP contribution is 2.58. The maximum absolute atomic E-state index is 9.29. The molecule has 1 N–H and O–H groups in total. The number of aliphatic hydroxyl groups is 1. The Kier molecular flexibility index (Phi) is 2.59. The van der Waals surface area contributed by atoms with Gasteiger partial charge in [0.25, 0.3) is 0 Å². The van der Waals surface area contributed by atoms with Crippen LogP contribution in [-0.2, 0) is 0 Å². The van der Waals surface area contributed by atoms with Gasteiger partial charge in [-0.05, 0) is 36.2 Å². The number of hydrogen-bond acceptors (Lipinski definition) is 1. The van der Waals surface area contributed by atoms with E-state index in [2.05, 4.69) is 45.0 Å². The van der Waals surface area contributed by atoms with E-state index in [9.17, 15) is 5.11 Å². The Morgan fingerprint density at radius 2 is 2.27 bits per heavy atom. The normalized spacial score (nSPS) is 31.3. The zero-order valence-corrected chi connectivity index (χ0v) is 9.83. The predicted molar refractivity (Wildman–Crippen MR) is 62.9 cm³/mol. The van der Waals surface area contributed by atoms with E-state index >= 15 is 0 Å². The van der Waals surface area contributed by atoms with E-state index in [0.717, 1.165) is 0 Å². The van der Waals surface area contributed by atoms with E-state index in [1.165, 1.54) is 17.5 Å². The molecule has 0 amide bonds. The minimum absolute atomic E-state index is 0.184. The van der Waals surface area contributed by atoms with Crippen LogP contribution in [0.1, 0.15) is 37.3 Å². The molecule has 1 aromatic rings.